The molecule has 5 nitrogen and oxygen atoms in total. The summed E-state index contributed by atoms with van der Waals surface area (Å²) in [4.78, 5) is 10.3. The lowest BCUT2D eigenvalue weighted by Crippen LogP contribution is -2.32. The molecule has 1 aliphatic carbocycles. The van der Waals surface area contributed by atoms with E-state index in [-0.39, 0.29) is 10.6 Å². The lowest BCUT2D eigenvalue weighted by molar-refractivity contribution is -0.384. The first-order valence-corrected chi connectivity index (χ1v) is 7.89. The number of nitro benzene ring substituents is 1. The predicted molar refractivity (Wildman–Crippen MR) is 85.8 cm³/mol. The van der Waals surface area contributed by atoms with Gasteiger partial charge in [0, 0.05) is 37.0 Å². The minimum atomic E-state index is -0.357. The quantitative estimate of drug-likeness (QED) is 0.363. The largest absolute Gasteiger partial charge is 0.384 e. The van der Waals surface area contributed by atoms with Crippen LogP contribution in [0, 0.1) is 17.0 Å². The van der Waals surface area contributed by atoms with Gasteiger partial charge in [0.25, 0.3) is 5.69 Å². The monoisotopic (exact) mass is 291 g/mol. The summed E-state index contributed by atoms with van der Waals surface area (Å²) >= 11 is 0. The summed E-state index contributed by atoms with van der Waals surface area (Å²) in [6.07, 6.45) is 8.00. The molecule has 0 aliphatic heterocycles. The molecule has 1 aromatic rings. The van der Waals surface area contributed by atoms with Gasteiger partial charge in [-0.2, -0.15) is 0 Å². The first kappa shape index (κ1) is 15.8. The van der Waals surface area contributed by atoms with Crippen molar-refractivity contribution < 1.29 is 4.92 Å². The van der Waals surface area contributed by atoms with E-state index in [1.54, 1.807) is 18.2 Å². The molecule has 5 heteroatoms. The van der Waals surface area contributed by atoms with Crippen LogP contribution < -0.4 is 10.6 Å². The first-order chi connectivity index (χ1) is 10.2. The third kappa shape index (κ3) is 5.01. The molecule has 1 fully saturated rings. The van der Waals surface area contributed by atoms with Crippen LogP contribution in [-0.4, -0.2) is 24.1 Å². The molecule has 1 saturated carbocycles. The van der Waals surface area contributed by atoms with Crippen LogP contribution in [0.25, 0.3) is 0 Å². The second kappa shape index (κ2) is 7.98. The van der Waals surface area contributed by atoms with Gasteiger partial charge in [-0.15, -0.1) is 0 Å². The fourth-order valence-electron chi connectivity index (χ4n) is 2.92. The molecule has 0 bridgehead atoms. The van der Waals surface area contributed by atoms with E-state index in [1.807, 2.05) is 6.92 Å². The number of nitro groups is 1. The molecule has 0 heterocycles. The highest BCUT2D eigenvalue weighted by molar-refractivity contribution is 5.55. The minimum Gasteiger partial charge on any atom is -0.384 e. The minimum absolute atomic E-state index is 0.148. The molecule has 0 atom stereocenters. The van der Waals surface area contributed by atoms with Gasteiger partial charge in [0.2, 0.25) is 0 Å². The van der Waals surface area contributed by atoms with Crippen LogP contribution in [0.4, 0.5) is 11.4 Å². The van der Waals surface area contributed by atoms with Gasteiger partial charge in [-0.3, -0.25) is 10.1 Å². The summed E-state index contributed by atoms with van der Waals surface area (Å²) < 4.78 is 0. The summed E-state index contributed by atoms with van der Waals surface area (Å²) in [5.74, 6) is 0. The van der Waals surface area contributed by atoms with Gasteiger partial charge in [-0.05, 0) is 31.4 Å². The molecule has 1 aliphatic rings. The fourth-order valence-corrected chi connectivity index (χ4v) is 2.92. The maximum Gasteiger partial charge on any atom is 0.269 e. The Morgan fingerprint density at radius 2 is 1.90 bits per heavy atom. The van der Waals surface area contributed by atoms with Crippen molar-refractivity contribution in [3.8, 4) is 0 Å². The van der Waals surface area contributed by atoms with Gasteiger partial charge >= 0.3 is 0 Å². The maximum absolute atomic E-state index is 10.7. The van der Waals surface area contributed by atoms with Crippen LogP contribution in [0.5, 0.6) is 0 Å². The summed E-state index contributed by atoms with van der Waals surface area (Å²) in [6, 6.07) is 5.61. The van der Waals surface area contributed by atoms with E-state index in [4.69, 9.17) is 0 Å². The molecule has 0 unspecified atom stereocenters. The Balaban J connectivity index is 1.74. The summed E-state index contributed by atoms with van der Waals surface area (Å²) in [7, 11) is 0. The van der Waals surface area contributed by atoms with Gasteiger partial charge in [0.1, 0.15) is 0 Å². The molecule has 0 amide bonds. The van der Waals surface area contributed by atoms with Crippen molar-refractivity contribution in [2.45, 2.75) is 51.5 Å². The second-order valence-corrected chi connectivity index (χ2v) is 5.83. The Morgan fingerprint density at radius 3 is 2.52 bits per heavy atom. The third-order valence-electron chi connectivity index (χ3n) is 4.15. The molecule has 0 aromatic heterocycles. The number of aryl methyl sites for hydroxylation is 1. The Hall–Kier alpha value is -1.62. The lowest BCUT2D eigenvalue weighted by atomic mass is 10.1. The zero-order valence-corrected chi connectivity index (χ0v) is 12.7. The first-order valence-electron chi connectivity index (χ1n) is 7.89. The third-order valence-corrected chi connectivity index (χ3v) is 4.15. The molecule has 1 aromatic carbocycles. The average Bonchev–Trinajstić information content (AvgIpc) is 2.73. The lowest BCUT2D eigenvalue weighted by Gasteiger charge is -2.17. The fraction of sp³-hybridized carbons (Fsp3) is 0.625. The number of nitrogens with zero attached hydrogens (tertiary/aromatic N) is 1. The summed E-state index contributed by atoms with van der Waals surface area (Å²) in [6.45, 7) is 3.67. The molecule has 0 radical (unpaired) electrons. The van der Waals surface area contributed by atoms with Crippen molar-refractivity contribution in [2.75, 3.05) is 18.4 Å². The summed E-state index contributed by atoms with van der Waals surface area (Å²) in [5, 5.41) is 17.7. The SMILES string of the molecule is Cc1cc([N+](=O)[O-])ccc1NCCNC1CCCCCC1. The smallest absolute Gasteiger partial charge is 0.269 e. The normalized spacial score (nSPS) is 16.4. The zero-order valence-electron chi connectivity index (χ0n) is 12.7. The Bertz CT molecular complexity index is 469. The molecular weight excluding hydrogens is 266 g/mol. The van der Waals surface area contributed by atoms with Crippen molar-refractivity contribution in [1.29, 1.82) is 0 Å². The number of hydrogen-bond donors (Lipinski definition) is 2. The van der Waals surface area contributed by atoms with E-state index < -0.39 is 0 Å². The molecule has 0 saturated heterocycles. The second-order valence-electron chi connectivity index (χ2n) is 5.83. The number of non-ortho nitro benzene ring substituents is 1. The van der Waals surface area contributed by atoms with Crippen molar-refractivity contribution in [3.05, 3.63) is 33.9 Å². The zero-order chi connectivity index (χ0) is 15.1. The van der Waals surface area contributed by atoms with Crippen LogP contribution in [-0.2, 0) is 0 Å². The van der Waals surface area contributed by atoms with Crippen molar-refractivity contribution >= 4 is 11.4 Å². The molecule has 21 heavy (non-hydrogen) atoms. The predicted octanol–water partition coefficient (Wildman–Crippen LogP) is 3.63. The van der Waals surface area contributed by atoms with E-state index in [0.717, 1.165) is 24.3 Å². The molecular formula is C16H25N3O2. The number of nitrogens with one attached hydrogen (secondary N) is 2. The van der Waals surface area contributed by atoms with Gasteiger partial charge in [0.05, 0.1) is 4.92 Å². The van der Waals surface area contributed by atoms with E-state index in [1.165, 1.54) is 38.5 Å². The van der Waals surface area contributed by atoms with Crippen LogP contribution in [0.15, 0.2) is 18.2 Å². The highest BCUT2D eigenvalue weighted by Crippen LogP contribution is 2.21. The van der Waals surface area contributed by atoms with Crippen LogP contribution in [0.1, 0.15) is 44.1 Å². The Morgan fingerprint density at radius 1 is 1.19 bits per heavy atom. The van der Waals surface area contributed by atoms with Crippen LogP contribution >= 0.6 is 0 Å². The number of rotatable bonds is 6. The Labute approximate surface area is 126 Å². The number of anilines is 1. The average molecular weight is 291 g/mol. The standard InChI is InChI=1S/C16H25N3O2/c1-13-12-15(19(20)21)8-9-16(13)18-11-10-17-14-6-4-2-3-5-7-14/h8-9,12,14,17-18H,2-7,10-11H2,1H3. The van der Waals surface area contributed by atoms with E-state index in [0.29, 0.717) is 6.04 Å². The highest BCUT2D eigenvalue weighted by atomic mass is 16.6. The topological polar surface area (TPSA) is 67.2 Å². The van der Waals surface area contributed by atoms with Gasteiger partial charge in [-0.1, -0.05) is 25.7 Å². The summed E-state index contributed by atoms with van der Waals surface area (Å²) in [5.41, 5.74) is 2.04. The number of hydrogen-bond acceptors (Lipinski definition) is 4. The van der Waals surface area contributed by atoms with Gasteiger partial charge < -0.3 is 10.6 Å². The van der Waals surface area contributed by atoms with E-state index >= 15 is 0 Å². The van der Waals surface area contributed by atoms with Crippen LogP contribution in [0.2, 0.25) is 0 Å². The van der Waals surface area contributed by atoms with E-state index in [9.17, 15) is 10.1 Å². The molecule has 2 rings (SSSR count). The van der Waals surface area contributed by atoms with Crippen molar-refractivity contribution in [3.63, 3.8) is 0 Å². The van der Waals surface area contributed by atoms with Gasteiger partial charge in [-0.25, -0.2) is 0 Å². The molecule has 2 N–H and O–H groups in total. The molecule has 116 valence electrons. The van der Waals surface area contributed by atoms with E-state index in [2.05, 4.69) is 10.6 Å². The number of benzene rings is 1. The van der Waals surface area contributed by atoms with Crippen molar-refractivity contribution in [2.24, 2.45) is 0 Å². The van der Waals surface area contributed by atoms with Crippen LogP contribution in [0.3, 0.4) is 0 Å². The highest BCUT2D eigenvalue weighted by Gasteiger charge is 2.11. The molecule has 0 spiro atoms. The maximum atomic E-state index is 10.7. The van der Waals surface area contributed by atoms with Crippen molar-refractivity contribution in [1.82, 2.24) is 5.32 Å². The van der Waals surface area contributed by atoms with Gasteiger partial charge in [0.15, 0.2) is 0 Å². The Kier molecular flexibility index (Phi) is 5.99.